The molecule has 2 atom stereocenters. The average molecular weight is 415 g/mol. The van der Waals surface area contributed by atoms with Gasteiger partial charge in [-0.15, -0.1) is 10.2 Å². The highest BCUT2D eigenvalue weighted by atomic mass is 32.2. The Hall–Kier alpha value is -2.30. The number of amides is 2. The lowest BCUT2D eigenvalue weighted by Crippen LogP contribution is -2.38. The molecule has 2 aromatic heterocycles. The highest BCUT2D eigenvalue weighted by Crippen LogP contribution is 2.25. The van der Waals surface area contributed by atoms with Crippen LogP contribution in [-0.2, 0) is 9.59 Å². The molecule has 7 nitrogen and oxygen atoms in total. The number of carbonyl (C=O) groups excluding carboxylic acids is 2. The Balaban J connectivity index is 1.73. The topological polar surface area (TPSA) is 79.6 Å². The summed E-state index contributed by atoms with van der Waals surface area (Å²) in [6.45, 7) is -1.57. The molecular formula is C17H20F3N5O2S. The predicted octanol–water partition coefficient (Wildman–Crippen LogP) is 2.05. The first-order valence-corrected chi connectivity index (χ1v) is 10.1. The monoisotopic (exact) mass is 415 g/mol. The summed E-state index contributed by atoms with van der Waals surface area (Å²) in [4.78, 5) is 25.2. The second kappa shape index (κ2) is 8.38. The largest absolute Gasteiger partial charge is 0.406 e. The van der Waals surface area contributed by atoms with Crippen molar-refractivity contribution >= 4 is 29.2 Å². The summed E-state index contributed by atoms with van der Waals surface area (Å²) >= 11 is 1.60. The Labute approximate surface area is 163 Å². The molecule has 0 radical (unpaired) electrons. The van der Waals surface area contributed by atoms with Gasteiger partial charge in [-0.05, 0) is 30.6 Å². The molecule has 3 heterocycles. The predicted molar refractivity (Wildman–Crippen MR) is 97.6 cm³/mol. The third kappa shape index (κ3) is 4.75. The summed E-state index contributed by atoms with van der Waals surface area (Å²) in [5, 5.41) is 11.1. The Bertz CT molecular complexity index is 857. The van der Waals surface area contributed by atoms with Gasteiger partial charge in [-0.3, -0.25) is 14.0 Å². The van der Waals surface area contributed by atoms with Crippen LogP contribution in [0.25, 0.3) is 5.65 Å². The molecule has 0 aromatic carbocycles. The Morgan fingerprint density at radius 2 is 2.18 bits per heavy atom. The molecule has 28 heavy (non-hydrogen) atoms. The molecule has 2 amide bonds. The van der Waals surface area contributed by atoms with Gasteiger partial charge in [-0.25, -0.2) is 0 Å². The van der Waals surface area contributed by atoms with Crippen LogP contribution in [0.1, 0.15) is 24.7 Å². The van der Waals surface area contributed by atoms with Crippen molar-refractivity contribution in [2.24, 2.45) is 5.92 Å². The number of thioether (sulfide) groups is 1. The van der Waals surface area contributed by atoms with Crippen molar-refractivity contribution in [2.75, 3.05) is 25.1 Å². The van der Waals surface area contributed by atoms with E-state index in [0.717, 1.165) is 5.75 Å². The molecule has 152 valence electrons. The van der Waals surface area contributed by atoms with E-state index in [4.69, 9.17) is 0 Å². The zero-order valence-electron chi connectivity index (χ0n) is 15.1. The molecule has 0 aliphatic carbocycles. The first kappa shape index (κ1) is 20.4. The standard InChI is InChI=1S/C17H20F3N5O2S/c1-28-7-5-12(15-23-22-13-4-2-3-6-25(13)15)21-16(27)11-8-14(26)24(9-11)10-17(18,19)20/h2-4,6,11-12H,5,7-10H2,1H3,(H,21,27). The van der Waals surface area contributed by atoms with Crippen molar-refractivity contribution in [1.29, 1.82) is 0 Å². The fraction of sp³-hybridized carbons (Fsp3) is 0.529. The van der Waals surface area contributed by atoms with Gasteiger partial charge >= 0.3 is 6.18 Å². The lowest BCUT2D eigenvalue weighted by Gasteiger charge is -2.20. The van der Waals surface area contributed by atoms with Crippen LogP contribution in [-0.4, -0.2) is 62.6 Å². The minimum absolute atomic E-state index is 0.224. The minimum atomic E-state index is -4.48. The maximum Gasteiger partial charge on any atom is 0.406 e. The molecule has 0 bridgehead atoms. The molecular weight excluding hydrogens is 395 g/mol. The number of pyridine rings is 1. The highest BCUT2D eigenvalue weighted by Gasteiger charge is 2.41. The third-order valence-electron chi connectivity index (χ3n) is 4.53. The normalized spacial score (nSPS) is 18.6. The fourth-order valence-electron chi connectivity index (χ4n) is 3.21. The van der Waals surface area contributed by atoms with E-state index < -0.39 is 36.5 Å². The first-order chi connectivity index (χ1) is 13.3. The van der Waals surface area contributed by atoms with Crippen LogP contribution in [0, 0.1) is 5.92 Å². The lowest BCUT2D eigenvalue weighted by atomic mass is 10.1. The number of carbonyl (C=O) groups is 2. The van der Waals surface area contributed by atoms with Gasteiger partial charge in [0.1, 0.15) is 6.54 Å². The molecule has 0 saturated carbocycles. The molecule has 2 aromatic rings. The van der Waals surface area contributed by atoms with Crippen LogP contribution < -0.4 is 5.32 Å². The van der Waals surface area contributed by atoms with E-state index in [9.17, 15) is 22.8 Å². The third-order valence-corrected chi connectivity index (χ3v) is 5.18. The quantitative estimate of drug-likeness (QED) is 0.749. The second-order valence-electron chi connectivity index (χ2n) is 6.62. The molecule has 1 saturated heterocycles. The molecule has 11 heteroatoms. The maximum atomic E-state index is 12.7. The number of fused-ring (bicyclic) bond motifs is 1. The van der Waals surface area contributed by atoms with Crippen molar-refractivity contribution in [1.82, 2.24) is 24.8 Å². The van der Waals surface area contributed by atoms with Crippen LogP contribution in [0.15, 0.2) is 24.4 Å². The van der Waals surface area contributed by atoms with E-state index in [1.165, 1.54) is 0 Å². The van der Waals surface area contributed by atoms with E-state index in [1.54, 1.807) is 28.4 Å². The van der Waals surface area contributed by atoms with E-state index >= 15 is 0 Å². The van der Waals surface area contributed by atoms with E-state index in [-0.39, 0.29) is 13.0 Å². The molecule has 1 N–H and O–H groups in total. The number of halogens is 3. The van der Waals surface area contributed by atoms with Crippen molar-refractivity contribution in [3.63, 3.8) is 0 Å². The number of nitrogens with one attached hydrogen (secondary N) is 1. The SMILES string of the molecule is CSCCC(NC(=O)C1CC(=O)N(CC(F)(F)F)C1)c1nnc2ccccn12. The fourth-order valence-corrected chi connectivity index (χ4v) is 3.68. The number of hydrogen-bond acceptors (Lipinski definition) is 5. The van der Waals surface area contributed by atoms with Crippen molar-refractivity contribution in [3.05, 3.63) is 30.2 Å². The van der Waals surface area contributed by atoms with Gasteiger partial charge in [0.15, 0.2) is 11.5 Å². The van der Waals surface area contributed by atoms with Gasteiger partial charge in [0, 0.05) is 19.2 Å². The number of rotatable bonds is 7. The maximum absolute atomic E-state index is 12.7. The Morgan fingerprint density at radius 1 is 1.39 bits per heavy atom. The molecule has 1 aliphatic heterocycles. The summed E-state index contributed by atoms with van der Waals surface area (Å²) in [6.07, 6.45) is -0.409. The van der Waals surface area contributed by atoms with E-state index in [2.05, 4.69) is 15.5 Å². The molecule has 1 fully saturated rings. The molecule has 3 rings (SSSR count). The summed E-state index contributed by atoms with van der Waals surface area (Å²) < 4.78 is 39.5. The van der Waals surface area contributed by atoms with Gasteiger partial charge in [0.05, 0.1) is 12.0 Å². The Morgan fingerprint density at radius 3 is 2.89 bits per heavy atom. The number of likely N-dealkylation sites (tertiary alicyclic amines) is 1. The van der Waals surface area contributed by atoms with E-state index in [1.807, 2.05) is 18.4 Å². The number of nitrogens with zero attached hydrogens (tertiary/aromatic N) is 4. The van der Waals surface area contributed by atoms with Crippen LogP contribution in [0.4, 0.5) is 13.2 Å². The zero-order chi connectivity index (χ0) is 20.3. The van der Waals surface area contributed by atoms with Gasteiger partial charge in [-0.2, -0.15) is 24.9 Å². The molecule has 2 unspecified atom stereocenters. The van der Waals surface area contributed by atoms with Gasteiger partial charge in [0.2, 0.25) is 11.8 Å². The van der Waals surface area contributed by atoms with Gasteiger partial charge in [0.25, 0.3) is 0 Å². The smallest absolute Gasteiger partial charge is 0.346 e. The van der Waals surface area contributed by atoms with Crippen molar-refractivity contribution in [2.45, 2.75) is 25.1 Å². The summed E-state index contributed by atoms with van der Waals surface area (Å²) in [5.41, 5.74) is 0.633. The lowest BCUT2D eigenvalue weighted by molar-refractivity contribution is -0.157. The summed E-state index contributed by atoms with van der Waals surface area (Å²) in [6, 6.07) is 4.97. The van der Waals surface area contributed by atoms with E-state index in [0.29, 0.717) is 22.8 Å². The first-order valence-electron chi connectivity index (χ1n) is 8.72. The average Bonchev–Trinajstić information content (AvgIpc) is 3.21. The van der Waals surface area contributed by atoms with Crippen LogP contribution >= 0.6 is 11.8 Å². The number of aromatic nitrogens is 3. The van der Waals surface area contributed by atoms with Gasteiger partial charge < -0.3 is 10.2 Å². The number of alkyl halides is 3. The molecule has 1 aliphatic rings. The van der Waals surface area contributed by atoms with Gasteiger partial charge in [-0.1, -0.05) is 6.07 Å². The number of hydrogen-bond donors (Lipinski definition) is 1. The van der Waals surface area contributed by atoms with Crippen molar-refractivity contribution < 1.29 is 22.8 Å². The zero-order valence-corrected chi connectivity index (χ0v) is 16.0. The summed E-state index contributed by atoms with van der Waals surface area (Å²) in [7, 11) is 0. The second-order valence-corrected chi connectivity index (χ2v) is 7.61. The van der Waals surface area contributed by atoms with Crippen LogP contribution in [0.2, 0.25) is 0 Å². The van der Waals surface area contributed by atoms with Crippen LogP contribution in [0.3, 0.4) is 0 Å². The highest BCUT2D eigenvalue weighted by molar-refractivity contribution is 7.98. The minimum Gasteiger partial charge on any atom is -0.346 e. The van der Waals surface area contributed by atoms with Crippen LogP contribution in [0.5, 0.6) is 0 Å². The molecule has 0 spiro atoms. The summed E-state index contributed by atoms with van der Waals surface area (Å²) in [5.74, 6) is -0.626. The Kier molecular flexibility index (Phi) is 6.11. The van der Waals surface area contributed by atoms with Crippen molar-refractivity contribution in [3.8, 4) is 0 Å².